The van der Waals surface area contributed by atoms with Crippen molar-refractivity contribution in [1.29, 1.82) is 0 Å². The maximum Gasteiger partial charge on any atom is 0.0334 e. The second-order valence-corrected chi connectivity index (χ2v) is 3.17. The van der Waals surface area contributed by atoms with Crippen molar-refractivity contribution in [2.45, 2.75) is 0 Å². The number of hydrogen-bond donors (Lipinski definition) is 0. The number of rotatable bonds is 0. The lowest BCUT2D eigenvalue weighted by Gasteiger charge is -1.98. The molecule has 0 aliphatic rings. The molecule has 0 N–H and O–H groups in total. The summed E-state index contributed by atoms with van der Waals surface area (Å²) in [7, 11) is 0. The summed E-state index contributed by atoms with van der Waals surface area (Å²) in [5.74, 6) is 13.0. The lowest BCUT2D eigenvalue weighted by atomic mass is 10.1. The monoisotopic (exact) mass is 200 g/mol. The van der Waals surface area contributed by atoms with E-state index in [1.165, 1.54) is 5.39 Å². The Morgan fingerprint density at radius 1 is 0.812 bits per heavy atom. The second kappa shape index (κ2) is 4.75. The summed E-state index contributed by atoms with van der Waals surface area (Å²) in [5.41, 5.74) is 0.976. The van der Waals surface area contributed by atoms with Gasteiger partial charge in [0.25, 0.3) is 0 Å². The predicted octanol–water partition coefficient (Wildman–Crippen LogP) is 2.83. The van der Waals surface area contributed by atoms with Crippen molar-refractivity contribution in [2.75, 3.05) is 0 Å². The highest BCUT2D eigenvalue weighted by Crippen LogP contribution is 2.17. The van der Waals surface area contributed by atoms with E-state index in [1.54, 1.807) is 0 Å². The molecule has 2 rings (SSSR count). The summed E-state index contributed by atoms with van der Waals surface area (Å²) in [4.78, 5) is 0. The van der Waals surface area contributed by atoms with Crippen LogP contribution in [-0.4, -0.2) is 0 Å². The molecule has 0 heterocycles. The van der Waals surface area contributed by atoms with E-state index < -0.39 is 0 Å². The highest BCUT2D eigenvalue weighted by Gasteiger charge is 1.95. The molecule has 0 fully saturated rings. The fourth-order valence-corrected chi connectivity index (χ4v) is 1.50. The van der Waals surface area contributed by atoms with E-state index in [0.717, 1.165) is 10.9 Å². The Morgan fingerprint density at radius 3 is 2.50 bits per heavy atom. The summed E-state index contributed by atoms with van der Waals surface area (Å²) in [6.07, 6.45) is 5.01. The SMILES string of the molecule is C#CC#CC#Cc1cccc2ccccc12. The standard InChI is InChI=1S/C16H8/c1-2-3-4-5-9-14-11-8-12-15-10-6-7-13-16(14)15/h1,6-8,10-13H. The van der Waals surface area contributed by atoms with Crippen LogP contribution < -0.4 is 0 Å². The predicted molar refractivity (Wildman–Crippen MR) is 67.4 cm³/mol. The fourth-order valence-electron chi connectivity index (χ4n) is 1.50. The minimum absolute atomic E-state index is 0.976. The van der Waals surface area contributed by atoms with Crippen molar-refractivity contribution in [2.24, 2.45) is 0 Å². The average molecular weight is 200 g/mol. The molecule has 0 radical (unpaired) electrons. The van der Waals surface area contributed by atoms with Gasteiger partial charge in [-0.15, -0.1) is 6.42 Å². The summed E-state index contributed by atoms with van der Waals surface area (Å²) in [5, 5.41) is 2.32. The molecule has 0 atom stereocenters. The third kappa shape index (κ3) is 2.06. The van der Waals surface area contributed by atoms with Gasteiger partial charge in [0.1, 0.15) is 0 Å². The van der Waals surface area contributed by atoms with Crippen LogP contribution in [0.2, 0.25) is 0 Å². The van der Waals surface area contributed by atoms with Crippen molar-refractivity contribution < 1.29 is 0 Å². The van der Waals surface area contributed by atoms with Gasteiger partial charge in [0, 0.05) is 5.56 Å². The van der Waals surface area contributed by atoms with Crippen LogP contribution in [-0.2, 0) is 0 Å². The van der Waals surface area contributed by atoms with Crippen LogP contribution in [0.5, 0.6) is 0 Å². The van der Waals surface area contributed by atoms with Crippen molar-refractivity contribution in [1.82, 2.24) is 0 Å². The van der Waals surface area contributed by atoms with E-state index in [1.807, 2.05) is 30.3 Å². The second-order valence-electron chi connectivity index (χ2n) is 3.17. The molecule has 0 heteroatoms. The van der Waals surface area contributed by atoms with Gasteiger partial charge in [0.15, 0.2) is 0 Å². The highest BCUT2D eigenvalue weighted by atomic mass is 14.0. The molecule has 2 aromatic carbocycles. The molecule has 2 aromatic rings. The summed E-state index contributed by atoms with van der Waals surface area (Å²) in [6, 6.07) is 14.2. The van der Waals surface area contributed by atoms with Crippen LogP contribution in [0.25, 0.3) is 10.8 Å². The van der Waals surface area contributed by atoms with Crippen molar-refractivity contribution in [3.63, 3.8) is 0 Å². The first kappa shape index (κ1) is 9.92. The Balaban J connectivity index is 2.52. The van der Waals surface area contributed by atoms with Crippen LogP contribution in [0.4, 0.5) is 0 Å². The molecule has 0 aromatic heterocycles. The van der Waals surface area contributed by atoms with Crippen LogP contribution in [0.1, 0.15) is 5.56 Å². The van der Waals surface area contributed by atoms with E-state index in [9.17, 15) is 0 Å². The molecule has 0 nitrogen and oxygen atoms in total. The lowest BCUT2D eigenvalue weighted by Crippen LogP contribution is -1.78. The van der Waals surface area contributed by atoms with E-state index in [0.29, 0.717) is 0 Å². The summed E-state index contributed by atoms with van der Waals surface area (Å²) >= 11 is 0. The third-order valence-corrected chi connectivity index (χ3v) is 2.18. The Hall–Kier alpha value is -2.62. The van der Waals surface area contributed by atoms with Gasteiger partial charge in [0.2, 0.25) is 0 Å². The molecule has 72 valence electrons. The quantitative estimate of drug-likeness (QED) is 0.574. The van der Waals surface area contributed by atoms with E-state index >= 15 is 0 Å². The molecule has 0 bridgehead atoms. The third-order valence-electron chi connectivity index (χ3n) is 2.18. The topological polar surface area (TPSA) is 0 Å². The normalized spacial score (nSPS) is 8.19. The fraction of sp³-hybridized carbons (Fsp3) is 0. The van der Waals surface area contributed by atoms with Gasteiger partial charge in [-0.1, -0.05) is 42.3 Å². The number of benzene rings is 2. The molecular weight excluding hydrogens is 192 g/mol. The van der Waals surface area contributed by atoms with Gasteiger partial charge in [-0.2, -0.15) is 0 Å². The molecule has 16 heavy (non-hydrogen) atoms. The van der Waals surface area contributed by atoms with Crippen molar-refractivity contribution in [3.05, 3.63) is 48.0 Å². The maximum absolute atomic E-state index is 5.01. The summed E-state index contributed by atoms with van der Waals surface area (Å²) < 4.78 is 0. The zero-order valence-electron chi connectivity index (χ0n) is 8.62. The van der Waals surface area contributed by atoms with Crippen molar-refractivity contribution in [3.8, 4) is 36.0 Å². The first-order valence-electron chi connectivity index (χ1n) is 4.86. The number of hydrogen-bond acceptors (Lipinski definition) is 0. The summed E-state index contributed by atoms with van der Waals surface area (Å²) in [6.45, 7) is 0. The van der Waals surface area contributed by atoms with Gasteiger partial charge in [-0.25, -0.2) is 0 Å². The Morgan fingerprint density at radius 2 is 1.62 bits per heavy atom. The smallest absolute Gasteiger partial charge is 0.0334 e. The van der Waals surface area contributed by atoms with Crippen molar-refractivity contribution >= 4 is 10.8 Å². The lowest BCUT2D eigenvalue weighted by molar-refractivity contribution is 1.70. The van der Waals surface area contributed by atoms with Gasteiger partial charge >= 0.3 is 0 Å². The molecule has 0 saturated carbocycles. The molecule has 0 saturated heterocycles. The Labute approximate surface area is 95.3 Å². The number of terminal acetylenes is 1. The molecule has 0 spiro atoms. The van der Waals surface area contributed by atoms with Crippen LogP contribution in [0.15, 0.2) is 42.5 Å². The molecular formula is C16H8. The zero-order chi connectivity index (χ0) is 11.2. The molecule has 0 unspecified atom stereocenters. The van der Waals surface area contributed by atoms with Crippen LogP contribution in [0, 0.1) is 36.0 Å². The average Bonchev–Trinajstić information content (AvgIpc) is 2.35. The van der Waals surface area contributed by atoms with E-state index in [2.05, 4.69) is 41.7 Å². The van der Waals surface area contributed by atoms with Gasteiger partial charge in [-0.05, 0) is 40.5 Å². The molecule has 0 amide bonds. The van der Waals surface area contributed by atoms with Gasteiger partial charge in [0.05, 0.1) is 0 Å². The first-order chi connectivity index (χ1) is 7.92. The Bertz CT molecular complexity index is 672. The number of fused-ring (bicyclic) bond motifs is 1. The highest BCUT2D eigenvalue weighted by molar-refractivity contribution is 5.88. The maximum atomic E-state index is 5.01. The van der Waals surface area contributed by atoms with Gasteiger partial charge in [-0.3, -0.25) is 0 Å². The van der Waals surface area contributed by atoms with Gasteiger partial charge < -0.3 is 0 Å². The minimum Gasteiger partial charge on any atom is -0.106 e. The molecule has 0 aliphatic heterocycles. The van der Waals surface area contributed by atoms with Crippen LogP contribution in [0.3, 0.4) is 0 Å². The minimum atomic E-state index is 0.976. The van der Waals surface area contributed by atoms with Crippen LogP contribution >= 0.6 is 0 Å². The first-order valence-corrected chi connectivity index (χ1v) is 4.86. The van der Waals surface area contributed by atoms with E-state index in [-0.39, 0.29) is 0 Å². The molecule has 0 aliphatic carbocycles. The largest absolute Gasteiger partial charge is 0.106 e. The zero-order valence-corrected chi connectivity index (χ0v) is 8.62. The Kier molecular flexibility index (Phi) is 2.94. The van der Waals surface area contributed by atoms with E-state index in [4.69, 9.17) is 6.42 Å².